The molecular formula is C23H31N7O3. The van der Waals surface area contributed by atoms with E-state index in [1.165, 1.54) is 0 Å². The van der Waals surface area contributed by atoms with Crippen molar-refractivity contribution in [1.29, 1.82) is 0 Å². The number of ether oxygens (including phenoxy) is 2. The Morgan fingerprint density at radius 3 is 2.18 bits per heavy atom. The van der Waals surface area contributed by atoms with Crippen molar-refractivity contribution in [1.82, 2.24) is 29.7 Å². The van der Waals surface area contributed by atoms with Crippen molar-refractivity contribution in [2.45, 2.75) is 6.54 Å². The number of aromatic nitrogens is 3. The number of amides is 1. The second-order valence-corrected chi connectivity index (χ2v) is 8.46. The highest BCUT2D eigenvalue weighted by atomic mass is 16.5. The zero-order valence-corrected chi connectivity index (χ0v) is 18.8. The molecule has 0 radical (unpaired) electrons. The van der Waals surface area contributed by atoms with E-state index < -0.39 is 0 Å². The molecule has 2 saturated heterocycles. The van der Waals surface area contributed by atoms with Gasteiger partial charge in [0, 0.05) is 52.4 Å². The summed E-state index contributed by atoms with van der Waals surface area (Å²) in [7, 11) is 0. The van der Waals surface area contributed by atoms with Gasteiger partial charge in [-0.3, -0.25) is 14.6 Å². The van der Waals surface area contributed by atoms with Crippen molar-refractivity contribution in [2.75, 3.05) is 78.0 Å². The van der Waals surface area contributed by atoms with Crippen molar-refractivity contribution in [3.05, 3.63) is 29.8 Å². The minimum atomic E-state index is -0.208. The van der Waals surface area contributed by atoms with Crippen LogP contribution < -0.4 is 11.1 Å². The summed E-state index contributed by atoms with van der Waals surface area (Å²) in [6.45, 7) is 9.27. The summed E-state index contributed by atoms with van der Waals surface area (Å²) in [6.07, 6.45) is 0. The highest BCUT2D eigenvalue weighted by Crippen LogP contribution is 2.28. The minimum absolute atomic E-state index is 0.208. The Balaban J connectivity index is 1.41. The molecule has 4 heterocycles. The lowest BCUT2D eigenvalue weighted by Crippen LogP contribution is -2.41. The third-order valence-electron chi connectivity index (χ3n) is 6.38. The summed E-state index contributed by atoms with van der Waals surface area (Å²) >= 11 is 0. The molecule has 1 amide bonds. The van der Waals surface area contributed by atoms with Gasteiger partial charge in [-0.2, -0.15) is 0 Å². The van der Waals surface area contributed by atoms with Crippen LogP contribution in [0.15, 0.2) is 24.3 Å². The number of nitrogens with two attached hydrogens (primary N) is 1. The van der Waals surface area contributed by atoms with E-state index in [1.54, 1.807) is 0 Å². The molecular weight excluding hydrogens is 422 g/mol. The van der Waals surface area contributed by atoms with E-state index >= 15 is 0 Å². The Morgan fingerprint density at radius 2 is 1.52 bits per heavy atom. The predicted molar refractivity (Wildman–Crippen MR) is 126 cm³/mol. The zero-order valence-electron chi connectivity index (χ0n) is 18.8. The molecule has 1 aromatic carbocycles. The van der Waals surface area contributed by atoms with Gasteiger partial charge in [0.25, 0.3) is 5.91 Å². The van der Waals surface area contributed by atoms with E-state index in [2.05, 4.69) is 15.1 Å². The maximum atomic E-state index is 13.2. The molecule has 176 valence electrons. The molecule has 2 aliphatic rings. The molecule has 33 heavy (non-hydrogen) atoms. The lowest BCUT2D eigenvalue weighted by Gasteiger charge is -2.26. The summed E-state index contributed by atoms with van der Waals surface area (Å²) < 4.78 is 12.8. The quantitative estimate of drug-likeness (QED) is 0.534. The second-order valence-electron chi connectivity index (χ2n) is 8.46. The fourth-order valence-corrected chi connectivity index (χ4v) is 4.47. The fourth-order valence-electron chi connectivity index (χ4n) is 4.47. The summed E-state index contributed by atoms with van der Waals surface area (Å²) in [5.74, 6) is 0.206. The lowest BCUT2D eigenvalue weighted by molar-refractivity contribution is 0.0366. The van der Waals surface area contributed by atoms with Crippen LogP contribution in [0.1, 0.15) is 10.4 Å². The number of benzene rings is 1. The molecule has 0 bridgehead atoms. The highest BCUT2D eigenvalue weighted by molar-refractivity contribution is 6.10. The van der Waals surface area contributed by atoms with Gasteiger partial charge < -0.3 is 25.1 Å². The molecule has 5 rings (SSSR count). The van der Waals surface area contributed by atoms with Crippen LogP contribution >= 0.6 is 0 Å². The molecule has 3 N–H and O–H groups in total. The van der Waals surface area contributed by atoms with Gasteiger partial charge in [-0.1, -0.05) is 12.1 Å². The standard InChI is InChI=1S/C23H31N7O3/c24-21-19(23(31)25-5-6-28-9-13-32-14-10-28)20-22(27-18-4-2-1-3-17(18)26-20)30(21)8-7-29-11-15-33-16-12-29/h1-4H,5-16,24H2,(H,25,31). The largest absolute Gasteiger partial charge is 0.384 e. The number of fused-ring (bicyclic) bond motifs is 2. The predicted octanol–water partition coefficient (Wildman–Crippen LogP) is 0.561. The second kappa shape index (κ2) is 10.0. The van der Waals surface area contributed by atoms with Gasteiger partial charge in [-0.05, 0) is 12.1 Å². The Bertz CT molecular complexity index is 1120. The number of morpholine rings is 2. The molecule has 2 fully saturated rings. The van der Waals surface area contributed by atoms with Crippen LogP contribution in [0.3, 0.4) is 0 Å². The van der Waals surface area contributed by atoms with Gasteiger partial charge in [-0.15, -0.1) is 0 Å². The Hall–Kier alpha value is -2.79. The maximum absolute atomic E-state index is 13.2. The van der Waals surface area contributed by atoms with Gasteiger partial charge in [-0.25, -0.2) is 9.97 Å². The maximum Gasteiger partial charge on any atom is 0.257 e. The molecule has 10 nitrogen and oxygen atoms in total. The highest BCUT2D eigenvalue weighted by Gasteiger charge is 2.24. The first-order valence-corrected chi connectivity index (χ1v) is 11.6. The molecule has 0 spiro atoms. The van der Waals surface area contributed by atoms with Gasteiger partial charge in [0.15, 0.2) is 5.65 Å². The Labute approximate surface area is 192 Å². The number of carbonyl (C=O) groups excluding carboxylic acids is 1. The smallest absolute Gasteiger partial charge is 0.257 e. The number of nitrogens with zero attached hydrogens (tertiary/aromatic N) is 5. The molecule has 0 saturated carbocycles. The van der Waals surface area contributed by atoms with Crippen LogP contribution in [0.2, 0.25) is 0 Å². The molecule has 2 aliphatic heterocycles. The number of rotatable bonds is 7. The number of anilines is 1. The number of para-hydroxylation sites is 2. The van der Waals surface area contributed by atoms with E-state index in [-0.39, 0.29) is 5.91 Å². The van der Waals surface area contributed by atoms with E-state index in [1.807, 2.05) is 28.8 Å². The summed E-state index contributed by atoms with van der Waals surface area (Å²) in [6, 6.07) is 7.69. The molecule has 0 unspecified atom stereocenters. The van der Waals surface area contributed by atoms with Crippen molar-refractivity contribution >= 4 is 33.9 Å². The third kappa shape index (κ3) is 4.79. The molecule has 2 aromatic heterocycles. The van der Waals surface area contributed by atoms with Gasteiger partial charge in [0.05, 0.1) is 37.5 Å². The minimum Gasteiger partial charge on any atom is -0.384 e. The molecule has 3 aromatic rings. The van der Waals surface area contributed by atoms with E-state index in [0.717, 1.165) is 76.7 Å². The van der Waals surface area contributed by atoms with E-state index in [0.29, 0.717) is 35.6 Å². The zero-order chi connectivity index (χ0) is 22.6. The van der Waals surface area contributed by atoms with E-state index in [4.69, 9.17) is 25.2 Å². The summed E-state index contributed by atoms with van der Waals surface area (Å²) in [5.41, 5.74) is 9.71. The molecule has 0 aliphatic carbocycles. The van der Waals surface area contributed by atoms with Crippen molar-refractivity contribution in [3.63, 3.8) is 0 Å². The van der Waals surface area contributed by atoms with E-state index in [9.17, 15) is 4.79 Å². The third-order valence-corrected chi connectivity index (χ3v) is 6.38. The number of hydrogen-bond acceptors (Lipinski definition) is 8. The Morgan fingerprint density at radius 1 is 0.909 bits per heavy atom. The van der Waals surface area contributed by atoms with Gasteiger partial charge >= 0.3 is 0 Å². The topological polar surface area (TPSA) is 111 Å². The van der Waals surface area contributed by atoms with Gasteiger partial charge in [0.1, 0.15) is 16.9 Å². The first kappa shape index (κ1) is 22.0. The van der Waals surface area contributed by atoms with Crippen LogP contribution in [0, 0.1) is 0 Å². The first-order valence-electron chi connectivity index (χ1n) is 11.6. The van der Waals surface area contributed by atoms with Crippen molar-refractivity contribution < 1.29 is 14.3 Å². The van der Waals surface area contributed by atoms with Gasteiger partial charge in [0.2, 0.25) is 0 Å². The van der Waals surface area contributed by atoms with Crippen LogP contribution in [0.4, 0.5) is 5.82 Å². The number of hydrogen-bond donors (Lipinski definition) is 2. The molecule has 0 atom stereocenters. The number of nitrogens with one attached hydrogen (secondary N) is 1. The van der Waals surface area contributed by atoms with Crippen molar-refractivity contribution in [3.8, 4) is 0 Å². The fraction of sp³-hybridized carbons (Fsp3) is 0.522. The summed E-state index contributed by atoms with van der Waals surface area (Å²) in [4.78, 5) is 27.5. The molecule has 10 heteroatoms. The van der Waals surface area contributed by atoms with Crippen LogP contribution in [-0.4, -0.2) is 102 Å². The van der Waals surface area contributed by atoms with Crippen LogP contribution in [-0.2, 0) is 16.0 Å². The monoisotopic (exact) mass is 453 g/mol. The summed E-state index contributed by atoms with van der Waals surface area (Å²) in [5, 5.41) is 3.04. The van der Waals surface area contributed by atoms with Crippen LogP contribution in [0.5, 0.6) is 0 Å². The SMILES string of the molecule is Nc1c(C(=O)NCCN2CCOCC2)c2nc3ccccc3nc2n1CCN1CCOCC1. The normalized spacial score (nSPS) is 18.2. The van der Waals surface area contributed by atoms with Crippen molar-refractivity contribution in [2.24, 2.45) is 0 Å². The number of nitrogen functional groups attached to an aromatic ring is 1. The Kier molecular flexibility index (Phi) is 6.68. The number of carbonyl (C=O) groups is 1. The average molecular weight is 454 g/mol. The first-order chi connectivity index (χ1) is 16.2. The lowest BCUT2D eigenvalue weighted by atomic mass is 10.2. The average Bonchev–Trinajstić information content (AvgIpc) is 3.12. The van der Waals surface area contributed by atoms with Crippen LogP contribution in [0.25, 0.3) is 22.2 Å².